The van der Waals surface area contributed by atoms with Crippen molar-refractivity contribution in [2.75, 3.05) is 37.7 Å². The number of carbonyl (C=O) groups excluding carboxylic acids is 1. The lowest BCUT2D eigenvalue weighted by molar-refractivity contribution is -0.0154. The number of urea groups is 1. The highest BCUT2D eigenvalue weighted by molar-refractivity contribution is 5.74. The highest BCUT2D eigenvalue weighted by atomic mass is 16.5. The van der Waals surface area contributed by atoms with E-state index in [1.165, 1.54) is 12.8 Å². The Labute approximate surface area is 137 Å². The molecule has 2 aliphatic rings. The predicted molar refractivity (Wildman–Crippen MR) is 89.5 cm³/mol. The van der Waals surface area contributed by atoms with Crippen molar-refractivity contribution in [1.82, 2.24) is 15.2 Å². The van der Waals surface area contributed by atoms with Gasteiger partial charge in [-0.2, -0.15) is 0 Å². The van der Waals surface area contributed by atoms with Gasteiger partial charge < -0.3 is 19.9 Å². The van der Waals surface area contributed by atoms with Crippen LogP contribution in [-0.4, -0.2) is 54.8 Å². The predicted octanol–water partition coefficient (Wildman–Crippen LogP) is 2.00. The first-order valence-electron chi connectivity index (χ1n) is 8.60. The molecule has 6 heteroatoms. The number of hydrogen-bond acceptors (Lipinski definition) is 4. The summed E-state index contributed by atoms with van der Waals surface area (Å²) in [6.45, 7) is 6.75. The number of amides is 2. The van der Waals surface area contributed by atoms with E-state index in [1.54, 1.807) is 0 Å². The summed E-state index contributed by atoms with van der Waals surface area (Å²) in [4.78, 5) is 20.9. The second kappa shape index (κ2) is 7.64. The number of rotatable bonds is 4. The van der Waals surface area contributed by atoms with Gasteiger partial charge in [0.05, 0.1) is 12.7 Å². The fourth-order valence-corrected chi connectivity index (χ4v) is 3.13. The van der Waals surface area contributed by atoms with Crippen molar-refractivity contribution in [3.63, 3.8) is 0 Å². The van der Waals surface area contributed by atoms with Crippen LogP contribution in [0.3, 0.4) is 0 Å². The van der Waals surface area contributed by atoms with Gasteiger partial charge in [0.2, 0.25) is 0 Å². The lowest BCUT2D eigenvalue weighted by Gasteiger charge is -2.32. The molecule has 1 aromatic rings. The van der Waals surface area contributed by atoms with Crippen LogP contribution in [0.4, 0.5) is 10.6 Å². The zero-order valence-corrected chi connectivity index (χ0v) is 13.8. The van der Waals surface area contributed by atoms with Crippen LogP contribution in [0.25, 0.3) is 0 Å². The van der Waals surface area contributed by atoms with E-state index in [1.807, 2.05) is 17.2 Å². The fraction of sp³-hybridized carbons (Fsp3) is 0.647. The van der Waals surface area contributed by atoms with E-state index in [9.17, 15) is 4.79 Å². The van der Waals surface area contributed by atoms with E-state index in [0.717, 1.165) is 30.9 Å². The van der Waals surface area contributed by atoms with E-state index in [2.05, 4.69) is 28.2 Å². The van der Waals surface area contributed by atoms with Crippen LogP contribution in [0.5, 0.6) is 0 Å². The molecule has 1 atom stereocenters. The topological polar surface area (TPSA) is 57.7 Å². The van der Waals surface area contributed by atoms with Crippen LogP contribution in [0.1, 0.15) is 31.7 Å². The van der Waals surface area contributed by atoms with Crippen LogP contribution in [0.2, 0.25) is 0 Å². The largest absolute Gasteiger partial charge is 0.375 e. The highest BCUT2D eigenvalue weighted by Crippen LogP contribution is 2.18. The van der Waals surface area contributed by atoms with Gasteiger partial charge in [-0.25, -0.2) is 9.78 Å². The molecule has 3 heterocycles. The molecule has 0 bridgehead atoms. The van der Waals surface area contributed by atoms with Crippen molar-refractivity contribution in [2.24, 2.45) is 0 Å². The molecule has 1 N–H and O–H groups in total. The number of carbonyl (C=O) groups is 1. The molecule has 2 amide bonds. The van der Waals surface area contributed by atoms with Crippen LogP contribution >= 0.6 is 0 Å². The SMILES string of the molecule is CC[C@H]1CN(C(=O)NCc2ccnc(N3CCCC3)c2)CCO1. The van der Waals surface area contributed by atoms with E-state index < -0.39 is 0 Å². The maximum atomic E-state index is 12.3. The first-order valence-corrected chi connectivity index (χ1v) is 8.60. The minimum absolute atomic E-state index is 0.00807. The summed E-state index contributed by atoms with van der Waals surface area (Å²) >= 11 is 0. The van der Waals surface area contributed by atoms with Gasteiger partial charge in [-0.15, -0.1) is 0 Å². The van der Waals surface area contributed by atoms with Crippen molar-refractivity contribution >= 4 is 11.8 Å². The average Bonchev–Trinajstić information content (AvgIpc) is 3.14. The lowest BCUT2D eigenvalue weighted by Crippen LogP contribution is -2.49. The van der Waals surface area contributed by atoms with Crippen LogP contribution in [-0.2, 0) is 11.3 Å². The summed E-state index contributed by atoms with van der Waals surface area (Å²) in [6.07, 6.45) is 5.40. The van der Waals surface area contributed by atoms with E-state index in [0.29, 0.717) is 26.2 Å². The number of nitrogens with one attached hydrogen (secondary N) is 1. The van der Waals surface area contributed by atoms with Gasteiger partial charge in [-0.1, -0.05) is 6.92 Å². The number of aromatic nitrogens is 1. The standard InChI is InChI=1S/C17H26N4O2/c1-2-15-13-21(9-10-23-15)17(22)19-12-14-5-6-18-16(11-14)20-7-3-4-8-20/h5-6,11,15H,2-4,7-10,12-13H2,1H3,(H,19,22)/t15-/m0/s1. The molecule has 0 saturated carbocycles. The van der Waals surface area contributed by atoms with Crippen molar-refractivity contribution < 1.29 is 9.53 Å². The van der Waals surface area contributed by atoms with Gasteiger partial charge in [0.15, 0.2) is 0 Å². The van der Waals surface area contributed by atoms with Crippen molar-refractivity contribution in [3.05, 3.63) is 23.9 Å². The number of nitrogens with zero attached hydrogens (tertiary/aromatic N) is 3. The molecular formula is C17H26N4O2. The molecule has 2 saturated heterocycles. The molecule has 3 rings (SSSR count). The zero-order valence-electron chi connectivity index (χ0n) is 13.8. The first kappa shape index (κ1) is 16.1. The summed E-state index contributed by atoms with van der Waals surface area (Å²) in [6, 6.07) is 4.04. The molecule has 6 nitrogen and oxygen atoms in total. The second-order valence-corrected chi connectivity index (χ2v) is 6.22. The summed E-state index contributed by atoms with van der Waals surface area (Å²) in [7, 11) is 0. The molecule has 0 radical (unpaired) electrons. The summed E-state index contributed by atoms with van der Waals surface area (Å²) in [5.74, 6) is 1.02. The van der Waals surface area contributed by atoms with Crippen molar-refractivity contribution in [2.45, 2.75) is 38.8 Å². The number of hydrogen-bond donors (Lipinski definition) is 1. The van der Waals surface area contributed by atoms with Gasteiger partial charge in [-0.3, -0.25) is 0 Å². The van der Waals surface area contributed by atoms with E-state index in [4.69, 9.17) is 4.74 Å². The fourth-order valence-electron chi connectivity index (χ4n) is 3.13. The molecule has 1 aromatic heterocycles. The molecule has 126 valence electrons. The molecule has 2 aliphatic heterocycles. The third-order valence-corrected chi connectivity index (χ3v) is 4.57. The third kappa shape index (κ3) is 4.13. The maximum absolute atomic E-state index is 12.3. The molecule has 0 aromatic carbocycles. The van der Waals surface area contributed by atoms with Gasteiger partial charge in [0.25, 0.3) is 0 Å². The summed E-state index contributed by atoms with van der Waals surface area (Å²) < 4.78 is 5.61. The average molecular weight is 318 g/mol. The minimum Gasteiger partial charge on any atom is -0.375 e. The monoisotopic (exact) mass is 318 g/mol. The van der Waals surface area contributed by atoms with E-state index in [-0.39, 0.29) is 12.1 Å². The quantitative estimate of drug-likeness (QED) is 0.922. The Hall–Kier alpha value is -1.82. The van der Waals surface area contributed by atoms with Gasteiger partial charge >= 0.3 is 6.03 Å². The Bertz CT molecular complexity index is 531. The number of morpholine rings is 1. The first-order chi connectivity index (χ1) is 11.3. The third-order valence-electron chi connectivity index (χ3n) is 4.57. The molecular weight excluding hydrogens is 292 g/mol. The normalized spacial score (nSPS) is 21.5. The lowest BCUT2D eigenvalue weighted by atomic mass is 10.2. The van der Waals surface area contributed by atoms with Gasteiger partial charge in [0.1, 0.15) is 5.82 Å². The smallest absolute Gasteiger partial charge is 0.317 e. The number of anilines is 1. The van der Waals surface area contributed by atoms with Gasteiger partial charge in [0, 0.05) is 38.9 Å². The molecule has 23 heavy (non-hydrogen) atoms. The molecule has 2 fully saturated rings. The zero-order chi connectivity index (χ0) is 16.1. The highest BCUT2D eigenvalue weighted by Gasteiger charge is 2.22. The minimum atomic E-state index is -0.00807. The Balaban J connectivity index is 1.53. The Morgan fingerprint density at radius 2 is 2.22 bits per heavy atom. The second-order valence-electron chi connectivity index (χ2n) is 6.22. The van der Waals surface area contributed by atoms with Crippen LogP contribution < -0.4 is 10.2 Å². The van der Waals surface area contributed by atoms with Crippen LogP contribution in [0, 0.1) is 0 Å². The van der Waals surface area contributed by atoms with E-state index >= 15 is 0 Å². The Morgan fingerprint density at radius 1 is 1.39 bits per heavy atom. The summed E-state index contributed by atoms with van der Waals surface area (Å²) in [5, 5.41) is 3.02. The summed E-state index contributed by atoms with van der Waals surface area (Å²) in [5.41, 5.74) is 1.09. The van der Waals surface area contributed by atoms with Gasteiger partial charge in [-0.05, 0) is 37.0 Å². The number of ether oxygens (including phenoxy) is 1. The Morgan fingerprint density at radius 3 is 3.00 bits per heavy atom. The van der Waals surface area contributed by atoms with Crippen LogP contribution in [0.15, 0.2) is 18.3 Å². The molecule has 0 unspecified atom stereocenters. The molecule has 0 spiro atoms. The van der Waals surface area contributed by atoms with Crippen molar-refractivity contribution in [1.29, 1.82) is 0 Å². The molecule has 0 aliphatic carbocycles. The van der Waals surface area contributed by atoms with Crippen molar-refractivity contribution in [3.8, 4) is 0 Å². The Kier molecular flexibility index (Phi) is 5.33. The number of pyridine rings is 1. The maximum Gasteiger partial charge on any atom is 0.317 e.